The highest BCUT2D eigenvalue weighted by Crippen LogP contribution is 2.27. The summed E-state index contributed by atoms with van der Waals surface area (Å²) in [5, 5.41) is 0. The van der Waals surface area contributed by atoms with Gasteiger partial charge in [-0.1, -0.05) is 6.07 Å². The van der Waals surface area contributed by atoms with Gasteiger partial charge in [-0.3, -0.25) is 0 Å². The van der Waals surface area contributed by atoms with E-state index in [0.717, 1.165) is 11.3 Å². The van der Waals surface area contributed by atoms with E-state index in [9.17, 15) is 8.42 Å². The quantitative estimate of drug-likeness (QED) is 0.818. The van der Waals surface area contributed by atoms with Crippen LogP contribution in [-0.2, 0) is 16.6 Å². The Morgan fingerprint density at radius 3 is 2.63 bits per heavy atom. The van der Waals surface area contributed by atoms with Gasteiger partial charge in [0.25, 0.3) is 0 Å². The second kappa shape index (κ2) is 7.14. The van der Waals surface area contributed by atoms with E-state index in [1.807, 2.05) is 6.26 Å². The van der Waals surface area contributed by atoms with Gasteiger partial charge in [0, 0.05) is 25.9 Å². The van der Waals surface area contributed by atoms with Gasteiger partial charge in [-0.05, 0) is 24.0 Å². The maximum atomic E-state index is 12.5. The van der Waals surface area contributed by atoms with Gasteiger partial charge in [-0.2, -0.15) is 16.1 Å². The average molecular weight is 304 g/mol. The molecule has 0 fully saturated rings. The topological polar surface area (TPSA) is 72.6 Å². The van der Waals surface area contributed by atoms with Gasteiger partial charge in [0.1, 0.15) is 10.6 Å². The predicted molar refractivity (Wildman–Crippen MR) is 79.1 cm³/mol. The Morgan fingerprint density at radius 2 is 2.11 bits per heavy atom. The fourth-order valence-electron chi connectivity index (χ4n) is 1.56. The molecule has 5 nitrogen and oxygen atoms in total. The second-order valence-electron chi connectivity index (χ2n) is 4.01. The van der Waals surface area contributed by atoms with Gasteiger partial charge in [-0.15, -0.1) is 0 Å². The van der Waals surface area contributed by atoms with Crippen molar-refractivity contribution in [2.45, 2.75) is 11.4 Å². The normalized spacial score (nSPS) is 11.8. The zero-order chi connectivity index (χ0) is 14.5. The van der Waals surface area contributed by atoms with Crippen molar-refractivity contribution in [1.82, 2.24) is 4.31 Å². The Balaban J connectivity index is 3.18. The molecule has 1 aromatic carbocycles. The fourth-order valence-corrected chi connectivity index (χ4v) is 3.50. The second-order valence-corrected chi connectivity index (χ2v) is 7.01. The highest BCUT2D eigenvalue weighted by atomic mass is 32.2. The molecule has 0 aromatic heterocycles. The van der Waals surface area contributed by atoms with Crippen molar-refractivity contribution in [3.8, 4) is 5.75 Å². The molecule has 0 unspecified atom stereocenters. The Hall–Kier alpha value is -0.760. The predicted octanol–water partition coefficient (Wildman–Crippen LogP) is 1.14. The monoisotopic (exact) mass is 304 g/mol. The average Bonchev–Trinajstić information content (AvgIpc) is 2.43. The molecule has 108 valence electrons. The van der Waals surface area contributed by atoms with Crippen molar-refractivity contribution in [3.05, 3.63) is 23.8 Å². The van der Waals surface area contributed by atoms with E-state index in [1.165, 1.54) is 11.4 Å². The standard InChI is InChI=1S/C12H20N2O3S2/c1-14(6-7-18-3)19(15,16)12-8-10(9-13)4-5-11(12)17-2/h4-5,8H,6-7,9,13H2,1-3H3. The number of nitrogens with two attached hydrogens (primary N) is 1. The maximum absolute atomic E-state index is 12.5. The summed E-state index contributed by atoms with van der Waals surface area (Å²) in [5.74, 6) is 1.09. The number of thioether (sulfide) groups is 1. The zero-order valence-corrected chi connectivity index (χ0v) is 13.1. The maximum Gasteiger partial charge on any atom is 0.246 e. The lowest BCUT2D eigenvalue weighted by atomic mass is 10.2. The van der Waals surface area contributed by atoms with Crippen molar-refractivity contribution in [1.29, 1.82) is 0 Å². The molecule has 0 aliphatic heterocycles. The number of hydrogen-bond acceptors (Lipinski definition) is 5. The van der Waals surface area contributed by atoms with E-state index in [4.69, 9.17) is 10.5 Å². The van der Waals surface area contributed by atoms with Crippen LogP contribution in [-0.4, -0.2) is 45.4 Å². The summed E-state index contributed by atoms with van der Waals surface area (Å²) >= 11 is 1.60. The minimum Gasteiger partial charge on any atom is -0.495 e. The van der Waals surface area contributed by atoms with E-state index in [1.54, 1.807) is 37.0 Å². The molecule has 7 heteroatoms. The molecule has 1 aromatic rings. The number of hydrogen-bond donors (Lipinski definition) is 1. The van der Waals surface area contributed by atoms with E-state index >= 15 is 0 Å². The summed E-state index contributed by atoms with van der Waals surface area (Å²) in [4.78, 5) is 0.168. The van der Waals surface area contributed by atoms with Gasteiger partial charge in [0.15, 0.2) is 0 Å². The lowest BCUT2D eigenvalue weighted by Crippen LogP contribution is -2.29. The van der Waals surface area contributed by atoms with Crippen LogP contribution in [0.5, 0.6) is 5.75 Å². The van der Waals surface area contributed by atoms with Crippen molar-refractivity contribution < 1.29 is 13.2 Å². The summed E-state index contributed by atoms with van der Waals surface area (Å²) in [5.41, 5.74) is 6.32. The van der Waals surface area contributed by atoms with Crippen molar-refractivity contribution in [2.24, 2.45) is 5.73 Å². The van der Waals surface area contributed by atoms with E-state index in [-0.39, 0.29) is 4.90 Å². The van der Waals surface area contributed by atoms with Gasteiger partial charge in [0.05, 0.1) is 7.11 Å². The molecule has 0 saturated carbocycles. The Kier molecular flexibility index (Phi) is 6.12. The smallest absolute Gasteiger partial charge is 0.246 e. The minimum absolute atomic E-state index is 0.168. The number of rotatable bonds is 7. The Bertz CT molecular complexity index is 518. The third kappa shape index (κ3) is 3.85. The molecular weight excluding hydrogens is 284 g/mol. The highest BCUT2D eigenvalue weighted by Gasteiger charge is 2.24. The molecule has 0 aliphatic rings. The molecule has 0 saturated heterocycles. The summed E-state index contributed by atoms with van der Waals surface area (Å²) in [6, 6.07) is 4.97. The number of methoxy groups -OCH3 is 1. The largest absolute Gasteiger partial charge is 0.495 e. The fraction of sp³-hybridized carbons (Fsp3) is 0.500. The molecule has 0 aliphatic carbocycles. The summed E-state index contributed by atoms with van der Waals surface area (Å²) < 4.78 is 31.4. The van der Waals surface area contributed by atoms with Crippen molar-refractivity contribution in [2.75, 3.05) is 32.7 Å². The molecular formula is C12H20N2O3S2. The third-order valence-electron chi connectivity index (χ3n) is 2.76. The van der Waals surface area contributed by atoms with Gasteiger partial charge < -0.3 is 10.5 Å². The lowest BCUT2D eigenvalue weighted by molar-refractivity contribution is 0.398. The van der Waals surface area contributed by atoms with Crippen LogP contribution in [0.25, 0.3) is 0 Å². The first-order chi connectivity index (χ1) is 8.97. The number of nitrogens with zero attached hydrogens (tertiary/aromatic N) is 1. The van der Waals surface area contributed by atoms with E-state index < -0.39 is 10.0 Å². The Labute approximate surface area is 119 Å². The highest BCUT2D eigenvalue weighted by molar-refractivity contribution is 7.98. The van der Waals surface area contributed by atoms with Crippen LogP contribution in [0, 0.1) is 0 Å². The molecule has 0 radical (unpaired) electrons. The molecule has 0 amide bonds. The third-order valence-corrected chi connectivity index (χ3v) is 5.23. The molecule has 19 heavy (non-hydrogen) atoms. The van der Waals surface area contributed by atoms with Crippen LogP contribution in [0.1, 0.15) is 5.56 Å². The SMILES string of the molecule is COc1ccc(CN)cc1S(=O)(=O)N(C)CCSC. The zero-order valence-electron chi connectivity index (χ0n) is 11.4. The first kappa shape index (κ1) is 16.3. The molecule has 2 N–H and O–H groups in total. The van der Waals surface area contributed by atoms with Crippen LogP contribution in [0.3, 0.4) is 0 Å². The van der Waals surface area contributed by atoms with Gasteiger partial charge in [0.2, 0.25) is 10.0 Å². The Morgan fingerprint density at radius 1 is 1.42 bits per heavy atom. The van der Waals surface area contributed by atoms with E-state index in [0.29, 0.717) is 18.8 Å². The summed E-state index contributed by atoms with van der Waals surface area (Å²) in [6.45, 7) is 0.751. The van der Waals surface area contributed by atoms with E-state index in [2.05, 4.69) is 0 Å². The minimum atomic E-state index is -3.55. The number of sulfonamides is 1. The summed E-state index contributed by atoms with van der Waals surface area (Å²) in [6.07, 6.45) is 1.94. The number of benzene rings is 1. The van der Waals surface area contributed by atoms with Crippen molar-refractivity contribution in [3.63, 3.8) is 0 Å². The van der Waals surface area contributed by atoms with Gasteiger partial charge in [-0.25, -0.2) is 8.42 Å². The van der Waals surface area contributed by atoms with Crippen LogP contribution >= 0.6 is 11.8 Å². The molecule has 1 rings (SSSR count). The lowest BCUT2D eigenvalue weighted by Gasteiger charge is -2.19. The molecule has 0 bridgehead atoms. The van der Waals surface area contributed by atoms with Crippen LogP contribution in [0.2, 0.25) is 0 Å². The van der Waals surface area contributed by atoms with Crippen LogP contribution in [0.15, 0.2) is 23.1 Å². The van der Waals surface area contributed by atoms with Crippen LogP contribution in [0.4, 0.5) is 0 Å². The van der Waals surface area contributed by atoms with Crippen molar-refractivity contribution >= 4 is 21.8 Å². The number of ether oxygens (including phenoxy) is 1. The molecule has 0 spiro atoms. The first-order valence-corrected chi connectivity index (χ1v) is 8.63. The van der Waals surface area contributed by atoms with Crippen LogP contribution < -0.4 is 10.5 Å². The first-order valence-electron chi connectivity index (χ1n) is 5.79. The molecule has 0 atom stereocenters. The van der Waals surface area contributed by atoms with Gasteiger partial charge >= 0.3 is 0 Å². The summed E-state index contributed by atoms with van der Waals surface area (Å²) in [7, 11) is -0.521. The molecule has 0 heterocycles.